The normalized spacial score (nSPS) is 20.9. The Labute approximate surface area is 192 Å². The number of aryl methyl sites for hydroxylation is 2. The topological polar surface area (TPSA) is 96.4 Å². The van der Waals surface area contributed by atoms with Crippen LogP contribution in [0.1, 0.15) is 44.2 Å². The van der Waals surface area contributed by atoms with Crippen LogP contribution in [0.5, 0.6) is 5.75 Å². The highest BCUT2D eigenvalue weighted by Crippen LogP contribution is 2.37. The first-order valence-electron chi connectivity index (χ1n) is 10.9. The third kappa shape index (κ3) is 6.43. The van der Waals surface area contributed by atoms with E-state index in [1.165, 1.54) is 11.4 Å². The second-order valence-corrected chi connectivity index (χ2v) is 11.6. The van der Waals surface area contributed by atoms with Gasteiger partial charge in [-0.3, -0.25) is 4.79 Å². The molecule has 1 aromatic carbocycles. The number of benzene rings is 1. The zero-order valence-electron chi connectivity index (χ0n) is 20.3. The third-order valence-electron chi connectivity index (χ3n) is 6.18. The molecule has 9 heteroatoms. The van der Waals surface area contributed by atoms with Crippen molar-refractivity contribution >= 4 is 15.9 Å². The number of sulfonamides is 1. The minimum absolute atomic E-state index is 0.0213. The zero-order valence-corrected chi connectivity index (χ0v) is 21.2. The second kappa shape index (κ2) is 10.5. The lowest BCUT2D eigenvalue weighted by molar-refractivity contribution is -0.139. The van der Waals surface area contributed by atoms with Gasteiger partial charge in [0.15, 0.2) is 0 Å². The number of likely N-dealkylation sites (N-methyl/N-ethyl adjacent to an activating group) is 2. The maximum atomic E-state index is 13.0. The van der Waals surface area contributed by atoms with E-state index >= 15 is 0 Å². The highest BCUT2D eigenvalue weighted by atomic mass is 32.2. The van der Waals surface area contributed by atoms with Crippen molar-refractivity contribution in [2.24, 2.45) is 5.41 Å². The molecule has 1 saturated carbocycles. The van der Waals surface area contributed by atoms with Crippen LogP contribution in [0.4, 0.5) is 0 Å². The van der Waals surface area contributed by atoms with Crippen LogP contribution in [0.2, 0.25) is 0 Å². The van der Waals surface area contributed by atoms with Crippen LogP contribution in [0, 0.1) is 19.3 Å². The molecular formula is C23H38N2O6S. The lowest BCUT2D eigenvalue weighted by Gasteiger charge is -2.42. The molecule has 8 nitrogen and oxygen atoms in total. The van der Waals surface area contributed by atoms with Crippen molar-refractivity contribution in [3.8, 4) is 5.75 Å². The molecule has 2 unspecified atom stereocenters. The molecule has 32 heavy (non-hydrogen) atoms. The Hall–Kier alpha value is -1.68. The minimum atomic E-state index is -3.70. The Bertz CT molecular complexity index is 892. The Balaban J connectivity index is 1.90. The van der Waals surface area contributed by atoms with E-state index in [1.54, 1.807) is 45.0 Å². The maximum absolute atomic E-state index is 13.0. The Morgan fingerprint density at radius 2 is 1.78 bits per heavy atom. The summed E-state index contributed by atoms with van der Waals surface area (Å²) in [6.07, 6.45) is 1.71. The van der Waals surface area contributed by atoms with Crippen molar-refractivity contribution in [2.45, 2.75) is 64.0 Å². The molecule has 0 heterocycles. The van der Waals surface area contributed by atoms with Gasteiger partial charge < -0.3 is 19.5 Å². The summed E-state index contributed by atoms with van der Waals surface area (Å²) in [6, 6.07) is 3.36. The number of amides is 1. The van der Waals surface area contributed by atoms with E-state index in [0.717, 1.165) is 12.8 Å². The van der Waals surface area contributed by atoms with E-state index < -0.39 is 16.1 Å². The van der Waals surface area contributed by atoms with E-state index in [0.29, 0.717) is 23.3 Å². The number of rotatable bonds is 9. The average Bonchev–Trinajstić information content (AvgIpc) is 2.67. The third-order valence-corrected chi connectivity index (χ3v) is 8.34. The number of hydrogen-bond acceptors (Lipinski definition) is 6. The van der Waals surface area contributed by atoms with Gasteiger partial charge in [0, 0.05) is 26.7 Å². The molecule has 0 bridgehead atoms. The molecule has 1 aliphatic carbocycles. The number of carbonyl (C=O) groups excluding carboxylic acids is 1. The SMILES string of the molecule is COc1cc(C)c(S(=O)(=O)N(C)CCOCC(=O)N(C)C2CC(O)CC(C)(C)C2)c(C)c1. The van der Waals surface area contributed by atoms with Gasteiger partial charge in [0.2, 0.25) is 15.9 Å². The summed E-state index contributed by atoms with van der Waals surface area (Å²) in [5.41, 5.74) is 1.21. The summed E-state index contributed by atoms with van der Waals surface area (Å²) in [5.74, 6) is 0.439. The van der Waals surface area contributed by atoms with Gasteiger partial charge in [-0.15, -0.1) is 0 Å². The van der Waals surface area contributed by atoms with Crippen molar-refractivity contribution in [2.75, 3.05) is 41.0 Å². The number of ether oxygens (including phenoxy) is 2. The summed E-state index contributed by atoms with van der Waals surface area (Å²) in [7, 11) is 1.07. The van der Waals surface area contributed by atoms with Gasteiger partial charge in [-0.25, -0.2) is 8.42 Å². The van der Waals surface area contributed by atoms with Crippen molar-refractivity contribution < 1.29 is 27.8 Å². The molecular weight excluding hydrogens is 432 g/mol. The van der Waals surface area contributed by atoms with Crippen molar-refractivity contribution in [1.82, 2.24) is 9.21 Å². The van der Waals surface area contributed by atoms with Crippen LogP contribution < -0.4 is 4.74 Å². The van der Waals surface area contributed by atoms with Crippen molar-refractivity contribution in [3.63, 3.8) is 0 Å². The predicted octanol–water partition coefficient (Wildman–Crippen LogP) is 2.35. The van der Waals surface area contributed by atoms with Gasteiger partial charge in [0.05, 0.1) is 24.7 Å². The van der Waals surface area contributed by atoms with Gasteiger partial charge in [-0.1, -0.05) is 13.8 Å². The quantitative estimate of drug-likeness (QED) is 0.557. The molecule has 182 valence electrons. The number of aliphatic hydroxyl groups excluding tert-OH is 1. The van der Waals surface area contributed by atoms with E-state index in [1.807, 2.05) is 0 Å². The number of hydrogen-bond donors (Lipinski definition) is 1. The summed E-state index contributed by atoms with van der Waals surface area (Å²) in [6.45, 7) is 7.77. The largest absolute Gasteiger partial charge is 0.497 e. The Morgan fingerprint density at radius 3 is 2.31 bits per heavy atom. The van der Waals surface area contributed by atoms with E-state index in [-0.39, 0.29) is 42.0 Å². The first kappa shape index (κ1) is 26.6. The van der Waals surface area contributed by atoms with Crippen LogP contribution in [0.15, 0.2) is 17.0 Å². The lowest BCUT2D eigenvalue weighted by Crippen LogP contribution is -2.47. The number of nitrogens with zero attached hydrogens (tertiary/aromatic N) is 2. The maximum Gasteiger partial charge on any atom is 0.248 e. The lowest BCUT2D eigenvalue weighted by atomic mass is 9.73. The predicted molar refractivity (Wildman–Crippen MR) is 123 cm³/mol. The molecule has 1 amide bonds. The van der Waals surface area contributed by atoms with Crippen LogP contribution in [0.25, 0.3) is 0 Å². The van der Waals surface area contributed by atoms with Crippen LogP contribution >= 0.6 is 0 Å². The van der Waals surface area contributed by atoms with Crippen molar-refractivity contribution in [1.29, 1.82) is 0 Å². The fourth-order valence-electron chi connectivity index (χ4n) is 4.50. The van der Waals surface area contributed by atoms with Gasteiger partial charge in [0.25, 0.3) is 0 Å². The average molecular weight is 471 g/mol. The zero-order chi connectivity index (χ0) is 24.3. The first-order chi connectivity index (χ1) is 14.8. The van der Waals surface area contributed by atoms with E-state index in [4.69, 9.17) is 9.47 Å². The van der Waals surface area contributed by atoms with E-state index in [2.05, 4.69) is 13.8 Å². The number of methoxy groups -OCH3 is 1. The number of aliphatic hydroxyl groups is 1. The molecule has 0 saturated heterocycles. The molecule has 2 rings (SSSR count). The highest BCUT2D eigenvalue weighted by Gasteiger charge is 2.36. The molecule has 1 aromatic rings. The molecule has 1 aliphatic rings. The molecule has 0 aromatic heterocycles. The second-order valence-electron chi connectivity index (χ2n) is 9.59. The van der Waals surface area contributed by atoms with Gasteiger partial charge in [-0.2, -0.15) is 4.31 Å². The van der Waals surface area contributed by atoms with Crippen LogP contribution in [-0.2, 0) is 19.6 Å². The van der Waals surface area contributed by atoms with Gasteiger partial charge in [0.1, 0.15) is 12.4 Å². The Morgan fingerprint density at radius 1 is 1.19 bits per heavy atom. The van der Waals surface area contributed by atoms with Gasteiger partial charge in [-0.05, 0) is 61.8 Å². The highest BCUT2D eigenvalue weighted by molar-refractivity contribution is 7.89. The smallest absolute Gasteiger partial charge is 0.248 e. The molecule has 2 atom stereocenters. The van der Waals surface area contributed by atoms with E-state index in [9.17, 15) is 18.3 Å². The monoisotopic (exact) mass is 470 g/mol. The molecule has 0 aliphatic heterocycles. The molecule has 1 fully saturated rings. The fraction of sp³-hybridized carbons (Fsp3) is 0.696. The molecule has 1 N–H and O–H groups in total. The van der Waals surface area contributed by atoms with Crippen molar-refractivity contribution in [3.05, 3.63) is 23.3 Å². The summed E-state index contributed by atoms with van der Waals surface area (Å²) < 4.78 is 38.0. The summed E-state index contributed by atoms with van der Waals surface area (Å²) in [5, 5.41) is 10.1. The molecule has 0 radical (unpaired) electrons. The summed E-state index contributed by atoms with van der Waals surface area (Å²) >= 11 is 0. The minimum Gasteiger partial charge on any atom is -0.497 e. The number of carbonyl (C=O) groups is 1. The van der Waals surface area contributed by atoms with Crippen LogP contribution in [-0.4, -0.2) is 81.7 Å². The van der Waals surface area contributed by atoms with Crippen LogP contribution in [0.3, 0.4) is 0 Å². The summed E-state index contributed by atoms with van der Waals surface area (Å²) in [4.78, 5) is 14.5. The first-order valence-corrected chi connectivity index (χ1v) is 12.4. The van der Waals surface area contributed by atoms with Gasteiger partial charge >= 0.3 is 0 Å². The fourth-order valence-corrected chi connectivity index (χ4v) is 6.06. The molecule has 0 spiro atoms. The standard InChI is InChI=1S/C23H38N2O6S/c1-16-10-20(30-7)11-17(2)22(16)32(28,29)24(5)8-9-31-15-21(27)25(6)18-12-19(26)14-23(3,4)13-18/h10-11,18-19,26H,8-9,12-15H2,1-7H3. The Kier molecular flexibility index (Phi) is 8.72.